The lowest BCUT2D eigenvalue weighted by molar-refractivity contribution is -0.274. The van der Waals surface area contributed by atoms with Gasteiger partial charge in [-0.1, -0.05) is 68.9 Å². The summed E-state index contributed by atoms with van der Waals surface area (Å²) in [5.41, 5.74) is 6.24. The number of nitrogens with zero attached hydrogens (tertiary/aromatic N) is 5. The van der Waals surface area contributed by atoms with Crippen LogP contribution in [0.1, 0.15) is 81.9 Å². The Kier molecular flexibility index (Phi) is 10.7. The van der Waals surface area contributed by atoms with Crippen LogP contribution in [0.15, 0.2) is 78.0 Å². The topological polar surface area (TPSA) is 72.6 Å². The van der Waals surface area contributed by atoms with Crippen LogP contribution in [0, 0.1) is 6.92 Å². The summed E-state index contributed by atoms with van der Waals surface area (Å²) in [4.78, 5) is 24.3. The minimum atomic E-state index is -4.74. The fourth-order valence-electron chi connectivity index (χ4n) is 5.93. The maximum atomic E-state index is 13.1. The van der Waals surface area contributed by atoms with Crippen LogP contribution < -0.4 is 9.64 Å². The minimum Gasteiger partial charge on any atom is -0.406 e. The lowest BCUT2D eigenvalue weighted by Gasteiger charge is -2.37. The molecule has 1 fully saturated rings. The number of amides is 1. The molecule has 4 aromatic rings. The summed E-state index contributed by atoms with van der Waals surface area (Å²) in [6.45, 7) is 10.9. The SMILES string of the molecule is Cc1cccc(N2C(=NC(=O)CCCC(C)c3ccc(-c4ncn(-c5ccc(OC(F)(F)F)cc5)n4)cc3)SCCC2C)c1C(C)C. The second-order valence-corrected chi connectivity index (χ2v) is 13.3. The molecule has 248 valence electrons. The summed E-state index contributed by atoms with van der Waals surface area (Å²) in [6, 6.07) is 20.1. The molecule has 0 bridgehead atoms. The maximum Gasteiger partial charge on any atom is 0.573 e. The van der Waals surface area contributed by atoms with Crippen molar-refractivity contribution in [3.8, 4) is 22.8 Å². The normalized spacial score (nSPS) is 16.9. The van der Waals surface area contributed by atoms with Gasteiger partial charge in [0.1, 0.15) is 12.1 Å². The van der Waals surface area contributed by atoms with E-state index in [9.17, 15) is 18.0 Å². The van der Waals surface area contributed by atoms with Crippen LogP contribution in [0.4, 0.5) is 18.9 Å². The van der Waals surface area contributed by atoms with Gasteiger partial charge in [0.2, 0.25) is 5.91 Å². The molecule has 1 amide bonds. The van der Waals surface area contributed by atoms with E-state index in [1.807, 2.05) is 24.3 Å². The molecule has 11 heteroatoms. The van der Waals surface area contributed by atoms with Gasteiger partial charge in [-0.05, 0) is 92.0 Å². The third-order valence-corrected chi connectivity index (χ3v) is 9.35. The van der Waals surface area contributed by atoms with E-state index in [0.29, 0.717) is 23.9 Å². The number of anilines is 1. The number of aliphatic imine (C=N–C) groups is 1. The molecule has 1 aromatic heterocycles. The zero-order valence-electron chi connectivity index (χ0n) is 27.3. The van der Waals surface area contributed by atoms with E-state index in [1.54, 1.807) is 11.8 Å². The summed E-state index contributed by atoms with van der Waals surface area (Å²) >= 11 is 1.66. The molecule has 0 spiro atoms. The van der Waals surface area contributed by atoms with Crippen molar-refractivity contribution in [2.75, 3.05) is 10.7 Å². The van der Waals surface area contributed by atoms with Crippen LogP contribution in [0.3, 0.4) is 0 Å². The van der Waals surface area contributed by atoms with E-state index in [1.165, 1.54) is 46.4 Å². The van der Waals surface area contributed by atoms with E-state index < -0.39 is 6.36 Å². The summed E-state index contributed by atoms with van der Waals surface area (Å²) in [5, 5.41) is 5.28. The van der Waals surface area contributed by atoms with Crippen LogP contribution in [-0.2, 0) is 4.79 Å². The quantitative estimate of drug-likeness (QED) is 0.168. The number of hydrogen-bond donors (Lipinski definition) is 0. The Balaban J connectivity index is 1.17. The molecule has 2 atom stereocenters. The zero-order chi connectivity index (χ0) is 33.7. The fourth-order valence-corrected chi connectivity index (χ4v) is 7.16. The molecule has 0 saturated carbocycles. The van der Waals surface area contributed by atoms with E-state index in [4.69, 9.17) is 0 Å². The van der Waals surface area contributed by atoms with E-state index in [-0.39, 0.29) is 23.6 Å². The second-order valence-electron chi connectivity index (χ2n) is 12.3. The maximum absolute atomic E-state index is 13.1. The number of halogens is 3. The third kappa shape index (κ3) is 8.62. The Bertz CT molecular complexity index is 1700. The summed E-state index contributed by atoms with van der Waals surface area (Å²) < 4.78 is 42.8. The Morgan fingerprint density at radius 2 is 1.79 bits per heavy atom. The van der Waals surface area contributed by atoms with E-state index in [0.717, 1.165) is 47.0 Å². The predicted molar refractivity (Wildman–Crippen MR) is 182 cm³/mol. The van der Waals surface area contributed by atoms with E-state index >= 15 is 0 Å². The number of benzene rings is 3. The Morgan fingerprint density at radius 1 is 1.06 bits per heavy atom. The van der Waals surface area contributed by atoms with Gasteiger partial charge in [-0.25, -0.2) is 9.67 Å². The zero-order valence-corrected chi connectivity index (χ0v) is 28.1. The molecule has 0 radical (unpaired) electrons. The van der Waals surface area contributed by atoms with Gasteiger partial charge in [0, 0.05) is 29.5 Å². The van der Waals surface area contributed by atoms with Crippen molar-refractivity contribution in [1.82, 2.24) is 14.8 Å². The minimum absolute atomic E-state index is 0.0860. The summed E-state index contributed by atoms with van der Waals surface area (Å²) in [5.74, 6) is 1.67. The van der Waals surface area contributed by atoms with Gasteiger partial charge in [-0.15, -0.1) is 18.3 Å². The first-order chi connectivity index (χ1) is 22.4. The van der Waals surface area contributed by atoms with Gasteiger partial charge in [-0.2, -0.15) is 4.99 Å². The molecule has 47 heavy (non-hydrogen) atoms. The number of alkyl halides is 3. The number of rotatable bonds is 10. The van der Waals surface area contributed by atoms with Crippen LogP contribution in [0.2, 0.25) is 0 Å². The van der Waals surface area contributed by atoms with Crippen LogP contribution in [0.25, 0.3) is 17.1 Å². The molecule has 5 rings (SSSR count). The highest BCUT2D eigenvalue weighted by molar-refractivity contribution is 8.14. The van der Waals surface area contributed by atoms with Crippen molar-refractivity contribution < 1.29 is 22.7 Å². The molecule has 1 saturated heterocycles. The van der Waals surface area contributed by atoms with Crippen LogP contribution >= 0.6 is 11.8 Å². The Labute approximate surface area is 278 Å². The first-order valence-electron chi connectivity index (χ1n) is 15.9. The number of amidine groups is 1. The van der Waals surface area contributed by atoms with Gasteiger partial charge < -0.3 is 9.64 Å². The molecule has 3 aromatic carbocycles. The van der Waals surface area contributed by atoms with Crippen molar-refractivity contribution in [2.24, 2.45) is 4.99 Å². The lowest BCUT2D eigenvalue weighted by Crippen LogP contribution is -2.42. The average molecular weight is 664 g/mol. The highest BCUT2D eigenvalue weighted by Crippen LogP contribution is 2.36. The van der Waals surface area contributed by atoms with Crippen molar-refractivity contribution in [1.29, 1.82) is 0 Å². The number of aromatic nitrogens is 3. The van der Waals surface area contributed by atoms with Crippen LogP contribution in [-0.4, -0.2) is 44.0 Å². The summed E-state index contributed by atoms with van der Waals surface area (Å²) in [7, 11) is 0. The molecule has 2 heterocycles. The Morgan fingerprint density at radius 3 is 2.47 bits per heavy atom. The molecule has 0 aliphatic carbocycles. The molecular weight excluding hydrogens is 623 g/mol. The fraction of sp³-hybridized carbons (Fsp3) is 0.389. The monoisotopic (exact) mass is 663 g/mol. The largest absolute Gasteiger partial charge is 0.573 e. The van der Waals surface area contributed by atoms with Crippen molar-refractivity contribution in [3.05, 3.63) is 89.7 Å². The summed E-state index contributed by atoms with van der Waals surface area (Å²) in [6.07, 6.45) is -0.215. The highest BCUT2D eigenvalue weighted by atomic mass is 32.2. The van der Waals surface area contributed by atoms with Crippen molar-refractivity contribution in [3.63, 3.8) is 0 Å². The predicted octanol–water partition coefficient (Wildman–Crippen LogP) is 9.45. The molecular formula is C36H40F3N5O2S. The van der Waals surface area contributed by atoms with Crippen molar-refractivity contribution in [2.45, 2.75) is 84.5 Å². The Hall–Kier alpha value is -4.12. The molecule has 2 unspecified atom stereocenters. The molecule has 7 nitrogen and oxygen atoms in total. The van der Waals surface area contributed by atoms with Gasteiger partial charge in [0.15, 0.2) is 11.0 Å². The van der Waals surface area contributed by atoms with Gasteiger partial charge in [0.25, 0.3) is 0 Å². The number of carbonyl (C=O) groups excluding carboxylic acids is 1. The number of carbonyl (C=O) groups is 1. The lowest BCUT2D eigenvalue weighted by atomic mass is 9.94. The molecule has 1 aliphatic heterocycles. The van der Waals surface area contributed by atoms with Crippen molar-refractivity contribution >= 4 is 28.5 Å². The second kappa shape index (κ2) is 14.8. The van der Waals surface area contributed by atoms with Gasteiger partial charge in [0.05, 0.1) is 5.69 Å². The first kappa shape index (κ1) is 34.2. The standard InChI is InChI=1S/C36H40F3N5O2S/c1-23(2)33-25(4)9-6-10-31(33)44-26(5)20-21-47-35(44)41-32(45)11-7-8-24(3)27-12-14-28(15-13-27)34-40-22-43(42-34)29-16-18-30(19-17-29)46-36(37,38)39/h6,9-10,12-19,22-24,26H,7-8,11,20-21H2,1-5H3. The average Bonchev–Trinajstić information content (AvgIpc) is 3.51. The third-order valence-electron chi connectivity index (χ3n) is 8.36. The number of hydrogen-bond acceptors (Lipinski definition) is 5. The number of thioether (sulfide) groups is 1. The molecule has 1 aliphatic rings. The highest BCUT2D eigenvalue weighted by Gasteiger charge is 2.31. The van der Waals surface area contributed by atoms with Gasteiger partial charge in [-0.3, -0.25) is 4.79 Å². The first-order valence-corrected chi connectivity index (χ1v) is 16.9. The molecule has 0 N–H and O–H groups in total. The number of aryl methyl sites for hydroxylation is 1. The smallest absolute Gasteiger partial charge is 0.406 e. The van der Waals surface area contributed by atoms with Crippen LogP contribution in [0.5, 0.6) is 5.75 Å². The van der Waals surface area contributed by atoms with Gasteiger partial charge >= 0.3 is 6.36 Å². The number of ether oxygens (including phenoxy) is 1. The van der Waals surface area contributed by atoms with E-state index in [2.05, 4.69) is 77.5 Å².